The molecule has 12 nitrogen and oxygen atoms in total. The number of hydrogen-bond donors (Lipinski definition) is 5. The maximum absolute atomic E-state index is 13.7. The first kappa shape index (κ1) is 37.2. The summed E-state index contributed by atoms with van der Waals surface area (Å²) < 4.78 is 33.0. The molecule has 0 saturated heterocycles. The van der Waals surface area contributed by atoms with Crippen molar-refractivity contribution < 1.29 is 37.5 Å². The van der Waals surface area contributed by atoms with Crippen LogP contribution in [0.1, 0.15) is 44.2 Å². The molecule has 0 aromatic heterocycles. The Morgan fingerprint density at radius 3 is 1.98 bits per heavy atom. The first-order chi connectivity index (χ1) is 22.5. The SMILES string of the molecule is COc1ccc(S(=O)(=O)NCC[C@H](N[C@@H](CCc2ccccc2)C(=O)N[C@@H](CC(C)C)C(=O)NOCc2ccccc2)C(=O)O)cc1. The molecular formula is C34H44N4O8S. The number of benzene rings is 3. The number of sulfonamides is 1. The maximum Gasteiger partial charge on any atom is 0.320 e. The van der Waals surface area contributed by atoms with Crippen LogP contribution in [0.4, 0.5) is 0 Å². The summed E-state index contributed by atoms with van der Waals surface area (Å²) in [7, 11) is -2.45. The van der Waals surface area contributed by atoms with Crippen LogP contribution in [0.3, 0.4) is 0 Å². The van der Waals surface area contributed by atoms with Crippen molar-refractivity contribution >= 4 is 27.8 Å². The van der Waals surface area contributed by atoms with Gasteiger partial charge in [-0.1, -0.05) is 74.5 Å². The van der Waals surface area contributed by atoms with Crippen LogP contribution in [0, 0.1) is 5.92 Å². The van der Waals surface area contributed by atoms with Gasteiger partial charge in [-0.3, -0.25) is 24.5 Å². The summed E-state index contributed by atoms with van der Waals surface area (Å²) in [5, 5.41) is 15.7. The van der Waals surface area contributed by atoms with E-state index in [2.05, 4.69) is 20.8 Å². The minimum absolute atomic E-state index is 0.000434. The predicted molar refractivity (Wildman–Crippen MR) is 177 cm³/mol. The number of ether oxygens (including phenoxy) is 1. The summed E-state index contributed by atoms with van der Waals surface area (Å²) in [5.74, 6) is -1.81. The molecule has 3 aromatic rings. The minimum atomic E-state index is -3.92. The molecule has 5 N–H and O–H groups in total. The lowest BCUT2D eigenvalue weighted by molar-refractivity contribution is -0.142. The number of hydrogen-bond acceptors (Lipinski definition) is 8. The Kier molecular flexibility index (Phi) is 14.8. The van der Waals surface area contributed by atoms with Crippen molar-refractivity contribution in [2.24, 2.45) is 5.92 Å². The molecule has 0 radical (unpaired) electrons. The first-order valence-corrected chi connectivity index (χ1v) is 16.9. The van der Waals surface area contributed by atoms with Gasteiger partial charge in [0.15, 0.2) is 0 Å². The van der Waals surface area contributed by atoms with Crippen molar-refractivity contribution in [2.75, 3.05) is 13.7 Å². The summed E-state index contributed by atoms with van der Waals surface area (Å²) in [6.07, 6.45) is 0.831. The average molecular weight is 669 g/mol. The van der Waals surface area contributed by atoms with Gasteiger partial charge in [0.05, 0.1) is 24.7 Å². The second-order valence-electron chi connectivity index (χ2n) is 11.4. The normalized spacial score (nSPS) is 13.4. The average Bonchev–Trinajstić information content (AvgIpc) is 3.06. The molecule has 0 heterocycles. The van der Waals surface area contributed by atoms with E-state index >= 15 is 0 Å². The Hall–Kier alpha value is -4.30. The maximum atomic E-state index is 13.7. The van der Waals surface area contributed by atoms with E-state index in [1.54, 1.807) is 0 Å². The number of rotatable bonds is 20. The van der Waals surface area contributed by atoms with Crippen molar-refractivity contribution in [1.82, 2.24) is 20.8 Å². The van der Waals surface area contributed by atoms with Crippen LogP contribution in [0.2, 0.25) is 0 Å². The van der Waals surface area contributed by atoms with Crippen LogP contribution in [0.25, 0.3) is 0 Å². The zero-order valence-electron chi connectivity index (χ0n) is 26.8. The van der Waals surface area contributed by atoms with Crippen molar-refractivity contribution in [3.63, 3.8) is 0 Å². The number of carboxylic acid groups (broad SMARTS) is 1. The molecule has 0 fully saturated rings. The van der Waals surface area contributed by atoms with E-state index in [0.29, 0.717) is 18.6 Å². The molecule has 254 valence electrons. The Labute approximate surface area is 276 Å². The largest absolute Gasteiger partial charge is 0.497 e. The van der Waals surface area contributed by atoms with E-state index in [1.807, 2.05) is 74.5 Å². The first-order valence-electron chi connectivity index (χ1n) is 15.4. The monoisotopic (exact) mass is 668 g/mol. The Bertz CT molecular complexity index is 1520. The molecule has 13 heteroatoms. The number of amides is 2. The molecule has 0 aliphatic rings. The Balaban J connectivity index is 1.69. The third kappa shape index (κ3) is 12.8. The molecule has 3 aromatic carbocycles. The lowest BCUT2D eigenvalue weighted by Gasteiger charge is -2.26. The van der Waals surface area contributed by atoms with Crippen molar-refractivity contribution in [1.29, 1.82) is 0 Å². The van der Waals surface area contributed by atoms with Gasteiger partial charge in [-0.15, -0.1) is 0 Å². The molecule has 47 heavy (non-hydrogen) atoms. The van der Waals surface area contributed by atoms with Gasteiger partial charge >= 0.3 is 5.97 Å². The number of carbonyl (C=O) groups excluding carboxylic acids is 2. The van der Waals surface area contributed by atoms with E-state index < -0.39 is 45.9 Å². The number of carboxylic acids is 1. The fourth-order valence-electron chi connectivity index (χ4n) is 4.75. The van der Waals surface area contributed by atoms with E-state index in [-0.39, 0.29) is 36.8 Å². The highest BCUT2D eigenvalue weighted by Gasteiger charge is 2.30. The molecule has 0 aliphatic heterocycles. The number of carbonyl (C=O) groups is 3. The fourth-order valence-corrected chi connectivity index (χ4v) is 5.80. The molecule has 0 unspecified atom stereocenters. The van der Waals surface area contributed by atoms with Gasteiger partial charge in [-0.05, 0) is 67.0 Å². The van der Waals surface area contributed by atoms with E-state index in [0.717, 1.165) is 11.1 Å². The topological polar surface area (TPSA) is 172 Å². The van der Waals surface area contributed by atoms with Gasteiger partial charge in [0.2, 0.25) is 15.9 Å². The molecule has 2 amide bonds. The van der Waals surface area contributed by atoms with E-state index in [1.165, 1.54) is 31.4 Å². The molecular weight excluding hydrogens is 624 g/mol. The number of hydroxylamine groups is 1. The summed E-state index contributed by atoms with van der Waals surface area (Å²) in [6.45, 7) is 3.76. The number of methoxy groups -OCH3 is 1. The molecule has 3 atom stereocenters. The van der Waals surface area contributed by atoms with Gasteiger partial charge in [0.1, 0.15) is 17.8 Å². The molecule has 3 rings (SSSR count). The zero-order chi connectivity index (χ0) is 34.2. The van der Waals surface area contributed by atoms with Crippen LogP contribution in [0.15, 0.2) is 89.8 Å². The van der Waals surface area contributed by atoms with Gasteiger partial charge in [-0.2, -0.15) is 0 Å². The highest BCUT2D eigenvalue weighted by atomic mass is 32.2. The van der Waals surface area contributed by atoms with E-state index in [4.69, 9.17) is 9.57 Å². The highest BCUT2D eigenvalue weighted by Crippen LogP contribution is 2.16. The summed E-state index contributed by atoms with van der Waals surface area (Å²) in [5.41, 5.74) is 4.22. The molecule has 0 saturated carbocycles. The zero-order valence-corrected chi connectivity index (χ0v) is 27.7. The lowest BCUT2D eigenvalue weighted by atomic mass is 10.0. The van der Waals surface area contributed by atoms with Crippen LogP contribution in [-0.4, -0.2) is 63.1 Å². The Morgan fingerprint density at radius 1 is 0.787 bits per heavy atom. The third-order valence-corrected chi connectivity index (χ3v) is 8.75. The summed E-state index contributed by atoms with van der Waals surface area (Å²) in [6, 6.07) is 21.2. The second kappa shape index (κ2) is 18.7. The van der Waals surface area contributed by atoms with Crippen LogP contribution >= 0.6 is 0 Å². The number of aryl methyl sites for hydroxylation is 1. The van der Waals surface area contributed by atoms with E-state index in [9.17, 15) is 27.9 Å². The van der Waals surface area contributed by atoms with Gasteiger partial charge in [-0.25, -0.2) is 18.6 Å². The third-order valence-electron chi connectivity index (χ3n) is 7.27. The summed E-state index contributed by atoms with van der Waals surface area (Å²) >= 11 is 0. The standard InChI is InChI=1S/C34H44N4O8S/c1-24(2)22-31(33(40)38-46-23-26-12-8-5-9-13-26)37-32(39)29(19-14-25-10-6-4-7-11-25)36-30(34(41)42)20-21-35-47(43,44)28-17-15-27(45-3)16-18-28/h4-13,15-18,24,29-31,35-36H,14,19-23H2,1-3H3,(H,37,39)(H,38,40)(H,41,42)/t29-,30-,31-/m0/s1. The summed E-state index contributed by atoms with van der Waals surface area (Å²) in [4.78, 5) is 44.4. The fraction of sp³-hybridized carbons (Fsp3) is 0.382. The molecule has 0 aliphatic carbocycles. The van der Waals surface area contributed by atoms with Crippen molar-refractivity contribution in [3.05, 3.63) is 96.1 Å². The number of aliphatic carboxylic acids is 1. The van der Waals surface area contributed by atoms with Gasteiger partial charge in [0, 0.05) is 6.54 Å². The quantitative estimate of drug-likeness (QED) is 0.113. The molecule has 0 spiro atoms. The highest BCUT2D eigenvalue weighted by molar-refractivity contribution is 7.89. The predicted octanol–water partition coefficient (Wildman–Crippen LogP) is 3.19. The van der Waals surface area contributed by atoms with Gasteiger partial charge < -0.3 is 15.2 Å². The minimum Gasteiger partial charge on any atom is -0.497 e. The lowest BCUT2D eigenvalue weighted by Crippen LogP contribution is -2.56. The Morgan fingerprint density at radius 2 is 1.40 bits per heavy atom. The van der Waals surface area contributed by atoms with Crippen LogP contribution in [-0.2, 0) is 42.3 Å². The van der Waals surface area contributed by atoms with Gasteiger partial charge in [0.25, 0.3) is 5.91 Å². The van der Waals surface area contributed by atoms with Crippen molar-refractivity contribution in [3.8, 4) is 5.75 Å². The number of nitrogens with one attached hydrogen (secondary N) is 4. The smallest absolute Gasteiger partial charge is 0.320 e. The molecule has 0 bridgehead atoms. The van der Waals surface area contributed by atoms with Crippen LogP contribution < -0.4 is 25.6 Å². The van der Waals surface area contributed by atoms with Crippen molar-refractivity contribution in [2.45, 2.75) is 69.2 Å². The van der Waals surface area contributed by atoms with Crippen LogP contribution in [0.5, 0.6) is 5.75 Å². The second-order valence-corrected chi connectivity index (χ2v) is 13.2.